The third-order valence-electron chi connectivity index (χ3n) is 3.62. The summed E-state index contributed by atoms with van der Waals surface area (Å²) in [6.45, 7) is 4.17. The zero-order valence-corrected chi connectivity index (χ0v) is 12.7. The van der Waals surface area contributed by atoms with Crippen LogP contribution in [0, 0.1) is 6.92 Å². The summed E-state index contributed by atoms with van der Waals surface area (Å²) in [4.78, 5) is 17.0. The van der Waals surface area contributed by atoms with E-state index in [4.69, 9.17) is 9.72 Å². The Kier molecular flexibility index (Phi) is 3.88. The third-order valence-corrected chi connectivity index (χ3v) is 3.62. The fourth-order valence-corrected chi connectivity index (χ4v) is 2.52. The molecule has 0 radical (unpaired) electrons. The number of benzene rings is 2. The summed E-state index contributed by atoms with van der Waals surface area (Å²) in [5.74, 6) is -0.334. The molecule has 0 spiro atoms. The monoisotopic (exact) mass is 291 g/mol. The van der Waals surface area contributed by atoms with Crippen molar-refractivity contribution in [3.63, 3.8) is 0 Å². The highest BCUT2D eigenvalue weighted by Gasteiger charge is 2.17. The van der Waals surface area contributed by atoms with Crippen LogP contribution in [0.25, 0.3) is 22.2 Å². The Hall–Kier alpha value is -2.68. The van der Waals surface area contributed by atoms with E-state index in [0.717, 1.165) is 22.0 Å². The maximum Gasteiger partial charge on any atom is 0.340 e. The van der Waals surface area contributed by atoms with Gasteiger partial charge in [0.1, 0.15) is 0 Å². The summed E-state index contributed by atoms with van der Waals surface area (Å²) < 4.78 is 5.20. The van der Waals surface area contributed by atoms with Crippen molar-refractivity contribution in [1.29, 1.82) is 0 Å². The maximum absolute atomic E-state index is 12.3. The lowest BCUT2D eigenvalue weighted by Crippen LogP contribution is -2.08. The third kappa shape index (κ3) is 2.58. The number of rotatable bonds is 3. The fraction of sp³-hybridized carbons (Fsp3) is 0.158. The number of hydrogen-bond acceptors (Lipinski definition) is 3. The Labute approximate surface area is 129 Å². The lowest BCUT2D eigenvalue weighted by molar-refractivity contribution is 0.0527. The number of fused-ring (bicyclic) bond motifs is 1. The van der Waals surface area contributed by atoms with E-state index in [1.807, 2.05) is 61.5 Å². The number of hydrogen-bond donors (Lipinski definition) is 0. The molecule has 2 aromatic carbocycles. The Bertz CT molecular complexity index is 825. The predicted molar refractivity (Wildman–Crippen MR) is 87.9 cm³/mol. The number of aryl methyl sites for hydroxylation is 1. The quantitative estimate of drug-likeness (QED) is 0.672. The van der Waals surface area contributed by atoms with E-state index in [1.54, 1.807) is 6.92 Å². The van der Waals surface area contributed by atoms with Crippen LogP contribution < -0.4 is 0 Å². The molecule has 0 bridgehead atoms. The van der Waals surface area contributed by atoms with E-state index >= 15 is 0 Å². The van der Waals surface area contributed by atoms with E-state index in [0.29, 0.717) is 17.9 Å². The summed E-state index contributed by atoms with van der Waals surface area (Å²) in [5, 5.41) is 0.977. The van der Waals surface area contributed by atoms with E-state index in [-0.39, 0.29) is 5.97 Å². The number of aromatic nitrogens is 1. The Morgan fingerprint density at radius 2 is 1.86 bits per heavy atom. The molecule has 0 unspecified atom stereocenters. The van der Waals surface area contributed by atoms with E-state index < -0.39 is 0 Å². The molecular weight excluding hydrogens is 274 g/mol. The molecule has 3 nitrogen and oxygen atoms in total. The van der Waals surface area contributed by atoms with Crippen molar-refractivity contribution in [1.82, 2.24) is 4.98 Å². The van der Waals surface area contributed by atoms with Crippen molar-refractivity contribution in [2.24, 2.45) is 0 Å². The molecule has 0 fully saturated rings. The smallest absolute Gasteiger partial charge is 0.340 e. The van der Waals surface area contributed by atoms with Gasteiger partial charge in [-0.15, -0.1) is 0 Å². The molecule has 3 aromatic rings. The molecule has 22 heavy (non-hydrogen) atoms. The highest BCUT2D eigenvalue weighted by molar-refractivity contribution is 6.01. The van der Waals surface area contributed by atoms with Crippen molar-refractivity contribution < 1.29 is 9.53 Å². The molecule has 0 aliphatic carbocycles. The normalized spacial score (nSPS) is 10.6. The van der Waals surface area contributed by atoms with Gasteiger partial charge in [-0.1, -0.05) is 42.5 Å². The molecule has 0 aliphatic rings. The van der Waals surface area contributed by atoms with Crippen molar-refractivity contribution >= 4 is 16.9 Å². The summed E-state index contributed by atoms with van der Waals surface area (Å²) in [5.41, 5.74) is 4.06. The first-order chi connectivity index (χ1) is 10.7. The minimum Gasteiger partial charge on any atom is -0.462 e. The van der Waals surface area contributed by atoms with E-state index in [2.05, 4.69) is 0 Å². The molecule has 0 aliphatic heterocycles. The molecule has 0 saturated carbocycles. The van der Waals surface area contributed by atoms with Gasteiger partial charge in [0.2, 0.25) is 0 Å². The zero-order chi connectivity index (χ0) is 15.5. The molecule has 0 N–H and O–H groups in total. The lowest BCUT2D eigenvalue weighted by atomic mass is 10.0. The second kappa shape index (κ2) is 5.98. The van der Waals surface area contributed by atoms with Crippen molar-refractivity contribution in [2.75, 3.05) is 6.61 Å². The van der Waals surface area contributed by atoms with Crippen molar-refractivity contribution in [3.8, 4) is 11.3 Å². The minimum atomic E-state index is -0.334. The standard InChI is InChI=1S/C19H17NO2/c1-3-22-19(21)16-12-15-13(2)8-7-11-17(15)20-18(16)14-9-5-4-6-10-14/h4-12H,3H2,1-2H3. The highest BCUT2D eigenvalue weighted by atomic mass is 16.5. The van der Waals surface area contributed by atoms with Crippen LogP contribution in [0.15, 0.2) is 54.6 Å². The summed E-state index contributed by atoms with van der Waals surface area (Å²) in [6.07, 6.45) is 0. The van der Waals surface area contributed by atoms with Gasteiger partial charge in [-0.3, -0.25) is 0 Å². The zero-order valence-electron chi connectivity index (χ0n) is 12.7. The van der Waals surface area contributed by atoms with Gasteiger partial charge in [0, 0.05) is 10.9 Å². The van der Waals surface area contributed by atoms with Gasteiger partial charge < -0.3 is 4.74 Å². The van der Waals surface area contributed by atoms with Gasteiger partial charge >= 0.3 is 5.97 Å². The van der Waals surface area contributed by atoms with Gasteiger partial charge in [0.25, 0.3) is 0 Å². The fourth-order valence-electron chi connectivity index (χ4n) is 2.52. The van der Waals surface area contributed by atoms with Crippen LogP contribution in [0.5, 0.6) is 0 Å². The first-order valence-corrected chi connectivity index (χ1v) is 7.33. The largest absolute Gasteiger partial charge is 0.462 e. The number of nitrogens with zero attached hydrogens (tertiary/aromatic N) is 1. The first-order valence-electron chi connectivity index (χ1n) is 7.33. The van der Waals surface area contributed by atoms with E-state index in [9.17, 15) is 4.79 Å². The minimum absolute atomic E-state index is 0.334. The van der Waals surface area contributed by atoms with Crippen LogP contribution in [-0.2, 0) is 4.74 Å². The lowest BCUT2D eigenvalue weighted by Gasteiger charge is -2.11. The Balaban J connectivity index is 2.28. The van der Waals surface area contributed by atoms with Crippen LogP contribution in [-0.4, -0.2) is 17.6 Å². The van der Waals surface area contributed by atoms with Crippen LogP contribution in [0.3, 0.4) is 0 Å². The molecule has 0 saturated heterocycles. The summed E-state index contributed by atoms with van der Waals surface area (Å²) in [7, 11) is 0. The maximum atomic E-state index is 12.3. The topological polar surface area (TPSA) is 39.2 Å². The molecule has 0 atom stereocenters. The van der Waals surface area contributed by atoms with Gasteiger partial charge in [-0.05, 0) is 31.5 Å². The van der Waals surface area contributed by atoms with Crippen LogP contribution in [0.2, 0.25) is 0 Å². The predicted octanol–water partition coefficient (Wildman–Crippen LogP) is 4.39. The summed E-state index contributed by atoms with van der Waals surface area (Å²) >= 11 is 0. The number of carbonyl (C=O) groups is 1. The average molecular weight is 291 g/mol. The average Bonchev–Trinajstić information content (AvgIpc) is 2.55. The molecule has 3 rings (SSSR count). The molecule has 3 heteroatoms. The Morgan fingerprint density at radius 3 is 2.59 bits per heavy atom. The first kappa shape index (κ1) is 14.3. The number of carbonyl (C=O) groups excluding carboxylic acids is 1. The van der Waals surface area contributed by atoms with Gasteiger partial charge in [0.05, 0.1) is 23.4 Å². The van der Waals surface area contributed by atoms with Crippen molar-refractivity contribution in [2.45, 2.75) is 13.8 Å². The number of esters is 1. The van der Waals surface area contributed by atoms with Crippen LogP contribution in [0.1, 0.15) is 22.8 Å². The van der Waals surface area contributed by atoms with Crippen molar-refractivity contribution in [3.05, 3.63) is 65.7 Å². The summed E-state index contributed by atoms with van der Waals surface area (Å²) in [6, 6.07) is 17.6. The van der Waals surface area contributed by atoms with Crippen LogP contribution in [0.4, 0.5) is 0 Å². The number of ether oxygens (including phenoxy) is 1. The number of pyridine rings is 1. The van der Waals surface area contributed by atoms with E-state index in [1.165, 1.54) is 0 Å². The molecular formula is C19H17NO2. The van der Waals surface area contributed by atoms with Gasteiger partial charge in [0.15, 0.2) is 0 Å². The SMILES string of the molecule is CCOC(=O)c1cc2c(C)cccc2nc1-c1ccccc1. The molecule has 0 amide bonds. The molecule has 110 valence electrons. The second-order valence-corrected chi connectivity index (χ2v) is 5.11. The van der Waals surface area contributed by atoms with Gasteiger partial charge in [-0.25, -0.2) is 9.78 Å². The van der Waals surface area contributed by atoms with Crippen LogP contribution >= 0.6 is 0 Å². The highest BCUT2D eigenvalue weighted by Crippen LogP contribution is 2.27. The molecule has 1 heterocycles. The molecule has 1 aromatic heterocycles. The Morgan fingerprint density at radius 1 is 1.09 bits per heavy atom. The van der Waals surface area contributed by atoms with Gasteiger partial charge in [-0.2, -0.15) is 0 Å². The second-order valence-electron chi connectivity index (χ2n) is 5.11.